The zero-order valence-electron chi connectivity index (χ0n) is 20.5. The summed E-state index contributed by atoms with van der Waals surface area (Å²) in [5.41, 5.74) is 3.39. The van der Waals surface area contributed by atoms with Crippen LogP contribution in [0.15, 0.2) is 77.7 Å². The average Bonchev–Trinajstić information content (AvgIpc) is 2.88. The Morgan fingerprint density at radius 1 is 0.944 bits per heavy atom. The summed E-state index contributed by atoms with van der Waals surface area (Å²) in [5, 5.41) is 3.14. The van der Waals surface area contributed by atoms with E-state index in [-0.39, 0.29) is 22.2 Å². The number of para-hydroxylation sites is 1. The van der Waals surface area contributed by atoms with Crippen LogP contribution >= 0.6 is 11.6 Å². The lowest BCUT2D eigenvalue weighted by Crippen LogP contribution is -2.40. The number of sulfonamides is 1. The van der Waals surface area contributed by atoms with Crippen LogP contribution in [0, 0.1) is 6.92 Å². The second-order valence-corrected chi connectivity index (χ2v) is 11.5. The van der Waals surface area contributed by atoms with Crippen LogP contribution in [0.2, 0.25) is 5.02 Å². The van der Waals surface area contributed by atoms with Crippen LogP contribution in [0.3, 0.4) is 0 Å². The van der Waals surface area contributed by atoms with Crippen molar-refractivity contribution in [3.63, 3.8) is 0 Å². The maximum absolute atomic E-state index is 13.5. The summed E-state index contributed by atoms with van der Waals surface area (Å²) in [6.07, 6.45) is 3.78. The average molecular weight is 526 g/mol. The van der Waals surface area contributed by atoms with Crippen molar-refractivity contribution in [2.24, 2.45) is 0 Å². The molecule has 0 aromatic heterocycles. The van der Waals surface area contributed by atoms with E-state index in [2.05, 4.69) is 22.3 Å². The monoisotopic (exact) mass is 525 g/mol. The Hall–Kier alpha value is -2.87. The molecule has 1 saturated heterocycles. The number of carbonyl (C=O) groups excluding carboxylic acids is 1. The number of piperidine rings is 1. The molecular formula is C28H32ClN3O3S. The predicted octanol–water partition coefficient (Wildman–Crippen LogP) is 5.15. The number of hydrogen-bond acceptors (Lipinski definition) is 4. The molecule has 0 atom stereocenters. The number of benzene rings is 3. The Kier molecular flexibility index (Phi) is 8.67. The molecule has 0 spiro atoms. The number of nitrogens with zero attached hydrogens (tertiary/aromatic N) is 2. The zero-order chi connectivity index (χ0) is 25.5. The number of hydrogen-bond donors (Lipinski definition) is 1. The third-order valence-corrected chi connectivity index (χ3v) is 8.45. The van der Waals surface area contributed by atoms with E-state index in [9.17, 15) is 13.2 Å². The van der Waals surface area contributed by atoms with Crippen molar-refractivity contribution in [2.45, 2.75) is 44.2 Å². The number of aryl methyl sites for hydroxylation is 1. The van der Waals surface area contributed by atoms with Crippen LogP contribution in [-0.2, 0) is 27.9 Å². The number of amides is 1. The van der Waals surface area contributed by atoms with Crippen LogP contribution in [0.25, 0.3) is 0 Å². The first-order valence-electron chi connectivity index (χ1n) is 12.2. The van der Waals surface area contributed by atoms with Crippen molar-refractivity contribution in [1.82, 2.24) is 10.2 Å². The second-order valence-electron chi connectivity index (χ2n) is 9.21. The van der Waals surface area contributed by atoms with Gasteiger partial charge in [-0.25, -0.2) is 8.42 Å². The van der Waals surface area contributed by atoms with Crippen LogP contribution in [-0.4, -0.2) is 38.9 Å². The van der Waals surface area contributed by atoms with E-state index >= 15 is 0 Å². The molecule has 1 amide bonds. The highest BCUT2D eigenvalue weighted by Crippen LogP contribution is 2.30. The molecule has 36 heavy (non-hydrogen) atoms. The Balaban J connectivity index is 1.47. The Morgan fingerprint density at radius 3 is 2.36 bits per heavy atom. The molecule has 8 heteroatoms. The van der Waals surface area contributed by atoms with E-state index in [1.807, 2.05) is 19.1 Å². The van der Waals surface area contributed by atoms with Gasteiger partial charge in [-0.3, -0.25) is 14.0 Å². The molecule has 1 heterocycles. The number of carbonyl (C=O) groups is 1. The van der Waals surface area contributed by atoms with E-state index in [1.54, 1.807) is 48.5 Å². The van der Waals surface area contributed by atoms with Crippen molar-refractivity contribution in [2.75, 3.05) is 23.9 Å². The van der Waals surface area contributed by atoms with Gasteiger partial charge < -0.3 is 5.32 Å². The van der Waals surface area contributed by atoms with Gasteiger partial charge in [0.05, 0.1) is 15.6 Å². The molecule has 0 radical (unpaired) electrons. The molecule has 3 aromatic carbocycles. The summed E-state index contributed by atoms with van der Waals surface area (Å²) in [7, 11) is -4.01. The maximum Gasteiger partial charge on any atom is 0.264 e. The number of rotatable bonds is 9. The largest absolute Gasteiger partial charge is 0.350 e. The lowest BCUT2D eigenvalue weighted by atomic mass is 10.1. The molecule has 0 unspecified atom stereocenters. The lowest BCUT2D eigenvalue weighted by molar-refractivity contribution is -0.119. The molecule has 6 nitrogen and oxygen atoms in total. The number of likely N-dealkylation sites (tertiary alicyclic amines) is 1. The van der Waals surface area contributed by atoms with Gasteiger partial charge in [0.1, 0.15) is 6.54 Å². The summed E-state index contributed by atoms with van der Waals surface area (Å²) < 4.78 is 28.1. The first-order chi connectivity index (χ1) is 17.3. The normalized spacial score (nSPS) is 14.4. The van der Waals surface area contributed by atoms with Crippen molar-refractivity contribution in [3.05, 3.63) is 94.5 Å². The Bertz CT molecular complexity index is 1290. The van der Waals surface area contributed by atoms with Crippen molar-refractivity contribution < 1.29 is 13.2 Å². The molecular weight excluding hydrogens is 494 g/mol. The molecule has 3 aromatic rings. The van der Waals surface area contributed by atoms with Crippen LogP contribution < -0.4 is 9.62 Å². The fourth-order valence-corrected chi connectivity index (χ4v) is 6.12. The lowest BCUT2D eigenvalue weighted by Gasteiger charge is -2.26. The molecule has 1 aliphatic heterocycles. The molecule has 0 aliphatic carbocycles. The number of halogens is 1. The SMILES string of the molecule is Cc1ccc(S(=O)(=O)N(CC(=O)NCc2cccc(CN3CCCCC3)c2)c2ccccc2Cl)cc1. The molecule has 1 fully saturated rings. The van der Waals surface area contributed by atoms with Gasteiger partial charge in [0, 0.05) is 13.1 Å². The van der Waals surface area contributed by atoms with Gasteiger partial charge in [-0.1, -0.05) is 72.1 Å². The standard InChI is InChI=1S/C28H32ClN3O3S/c1-22-12-14-25(15-13-22)36(34,35)32(27-11-4-3-10-26(27)29)21-28(33)30-19-23-8-7-9-24(18-23)20-31-16-5-2-6-17-31/h3-4,7-15,18H,2,5-6,16-17,19-21H2,1H3,(H,30,33). The van der Waals surface area contributed by atoms with Gasteiger partial charge in [0.2, 0.25) is 5.91 Å². The Morgan fingerprint density at radius 2 is 1.64 bits per heavy atom. The van der Waals surface area contributed by atoms with Crippen molar-refractivity contribution in [1.29, 1.82) is 0 Å². The van der Waals surface area contributed by atoms with Gasteiger partial charge in [0.25, 0.3) is 10.0 Å². The first kappa shape index (κ1) is 26.2. The van der Waals surface area contributed by atoms with Gasteiger partial charge in [-0.15, -0.1) is 0 Å². The molecule has 0 saturated carbocycles. The predicted molar refractivity (Wildman–Crippen MR) is 145 cm³/mol. The number of anilines is 1. The van der Waals surface area contributed by atoms with Crippen molar-refractivity contribution >= 4 is 33.2 Å². The molecule has 1 N–H and O–H groups in total. The smallest absolute Gasteiger partial charge is 0.264 e. The second kappa shape index (κ2) is 11.9. The highest BCUT2D eigenvalue weighted by atomic mass is 35.5. The molecule has 0 bridgehead atoms. The third-order valence-electron chi connectivity index (χ3n) is 6.35. The van der Waals surface area contributed by atoms with Gasteiger partial charge >= 0.3 is 0 Å². The highest BCUT2D eigenvalue weighted by molar-refractivity contribution is 7.92. The maximum atomic E-state index is 13.5. The van der Waals surface area contributed by atoms with Gasteiger partial charge in [0.15, 0.2) is 0 Å². The third kappa shape index (κ3) is 6.66. The van der Waals surface area contributed by atoms with Crippen LogP contribution in [0.4, 0.5) is 5.69 Å². The quantitative estimate of drug-likeness (QED) is 0.419. The Labute approximate surface area is 218 Å². The van der Waals surface area contributed by atoms with E-state index in [0.717, 1.165) is 35.1 Å². The van der Waals surface area contributed by atoms with E-state index in [4.69, 9.17) is 11.6 Å². The minimum atomic E-state index is -4.01. The summed E-state index contributed by atoms with van der Waals surface area (Å²) >= 11 is 6.35. The first-order valence-corrected chi connectivity index (χ1v) is 14.1. The summed E-state index contributed by atoms with van der Waals surface area (Å²) in [6.45, 7) is 4.96. The molecule has 190 valence electrons. The minimum absolute atomic E-state index is 0.103. The topological polar surface area (TPSA) is 69.7 Å². The van der Waals surface area contributed by atoms with Gasteiger partial charge in [-0.05, 0) is 68.2 Å². The zero-order valence-corrected chi connectivity index (χ0v) is 22.1. The minimum Gasteiger partial charge on any atom is -0.350 e. The van der Waals surface area contributed by atoms with Crippen molar-refractivity contribution in [3.8, 4) is 0 Å². The van der Waals surface area contributed by atoms with E-state index in [1.165, 1.54) is 24.8 Å². The molecule has 1 aliphatic rings. The summed E-state index contributed by atoms with van der Waals surface area (Å²) in [6, 6.07) is 21.4. The van der Waals surface area contributed by atoms with Crippen LogP contribution in [0.1, 0.15) is 36.0 Å². The van der Waals surface area contributed by atoms with Gasteiger partial charge in [-0.2, -0.15) is 0 Å². The molecule has 4 rings (SSSR count). The van der Waals surface area contributed by atoms with E-state index in [0.29, 0.717) is 6.54 Å². The number of nitrogens with one attached hydrogen (secondary N) is 1. The fourth-order valence-electron chi connectivity index (χ4n) is 4.39. The summed E-state index contributed by atoms with van der Waals surface area (Å²) in [5.74, 6) is -0.410. The van der Waals surface area contributed by atoms with E-state index < -0.39 is 15.9 Å². The summed E-state index contributed by atoms with van der Waals surface area (Å²) in [4.78, 5) is 15.5. The highest BCUT2D eigenvalue weighted by Gasteiger charge is 2.28. The van der Waals surface area contributed by atoms with Crippen LogP contribution in [0.5, 0.6) is 0 Å². The fraction of sp³-hybridized carbons (Fsp3) is 0.321.